The number of carbonyl (C=O) groups excluding carboxylic acids is 3. The molecule has 6 nitrogen and oxygen atoms in total. The van der Waals surface area contributed by atoms with E-state index in [2.05, 4.69) is 10.6 Å². The van der Waals surface area contributed by atoms with Gasteiger partial charge in [0.2, 0.25) is 5.91 Å². The van der Waals surface area contributed by atoms with Crippen LogP contribution in [0.25, 0.3) is 0 Å². The van der Waals surface area contributed by atoms with E-state index in [-0.39, 0.29) is 24.5 Å². The van der Waals surface area contributed by atoms with Gasteiger partial charge in [0, 0.05) is 19.5 Å². The minimum absolute atomic E-state index is 0.0688. The molecule has 0 fully saturated rings. The smallest absolute Gasteiger partial charge is 0.338 e. The van der Waals surface area contributed by atoms with Crippen LogP contribution in [0.3, 0.4) is 0 Å². The number of hydrogen-bond donors (Lipinski definition) is 2. The molecule has 1 unspecified atom stereocenters. The van der Waals surface area contributed by atoms with Crippen molar-refractivity contribution in [1.29, 1.82) is 0 Å². The minimum atomic E-state index is -0.547. The molecule has 0 aliphatic rings. The van der Waals surface area contributed by atoms with E-state index in [1.54, 1.807) is 24.3 Å². The Kier molecular flexibility index (Phi) is 7.80. The van der Waals surface area contributed by atoms with E-state index in [0.29, 0.717) is 12.1 Å². The van der Waals surface area contributed by atoms with Crippen LogP contribution in [0.4, 0.5) is 0 Å². The first-order chi connectivity index (χ1) is 10.9. The third-order valence-electron chi connectivity index (χ3n) is 3.19. The lowest BCUT2D eigenvalue weighted by molar-refractivity contribution is -0.124. The molecule has 2 amide bonds. The summed E-state index contributed by atoms with van der Waals surface area (Å²) >= 11 is 0. The fourth-order valence-electron chi connectivity index (χ4n) is 2.02. The molecule has 0 saturated heterocycles. The molecule has 0 bridgehead atoms. The highest BCUT2D eigenvalue weighted by molar-refractivity contribution is 5.91. The monoisotopic (exact) mass is 320 g/mol. The Morgan fingerprint density at radius 2 is 1.83 bits per heavy atom. The molecule has 1 aromatic carbocycles. The van der Waals surface area contributed by atoms with Gasteiger partial charge in [0.1, 0.15) is 0 Å². The molecule has 0 aromatic heterocycles. The third-order valence-corrected chi connectivity index (χ3v) is 3.19. The van der Waals surface area contributed by atoms with Crippen LogP contribution < -0.4 is 10.6 Å². The maximum Gasteiger partial charge on any atom is 0.338 e. The van der Waals surface area contributed by atoms with Crippen LogP contribution in [0.5, 0.6) is 0 Å². The van der Waals surface area contributed by atoms with Crippen LogP contribution in [0.15, 0.2) is 24.3 Å². The zero-order valence-electron chi connectivity index (χ0n) is 13.8. The lowest BCUT2D eigenvalue weighted by atomic mass is 10.1. The molecule has 0 saturated carbocycles. The Morgan fingerprint density at radius 1 is 1.17 bits per heavy atom. The molecule has 126 valence electrons. The van der Waals surface area contributed by atoms with E-state index in [0.717, 1.165) is 18.4 Å². The van der Waals surface area contributed by atoms with Crippen molar-refractivity contribution in [3.63, 3.8) is 0 Å². The summed E-state index contributed by atoms with van der Waals surface area (Å²) in [5.41, 5.74) is 1.24. The van der Waals surface area contributed by atoms with Gasteiger partial charge in [-0.25, -0.2) is 4.79 Å². The topological polar surface area (TPSA) is 84.5 Å². The van der Waals surface area contributed by atoms with E-state index in [9.17, 15) is 14.4 Å². The zero-order valence-corrected chi connectivity index (χ0v) is 13.8. The standard InChI is InChI=1S/C17H24N2O4/c1-4-5-12(2)19-16(21)11-23-17(22)15-8-6-14(7-9-15)10-18-13(3)20/h6-9,12H,4-5,10-11H2,1-3H3,(H,18,20)(H,19,21). The van der Waals surface area contributed by atoms with Crippen molar-refractivity contribution in [1.82, 2.24) is 10.6 Å². The highest BCUT2D eigenvalue weighted by Gasteiger charge is 2.11. The molecule has 1 rings (SSSR count). The van der Waals surface area contributed by atoms with Gasteiger partial charge in [-0.1, -0.05) is 25.5 Å². The van der Waals surface area contributed by atoms with Crippen molar-refractivity contribution < 1.29 is 19.1 Å². The first-order valence-corrected chi connectivity index (χ1v) is 7.72. The fourth-order valence-corrected chi connectivity index (χ4v) is 2.02. The van der Waals surface area contributed by atoms with E-state index in [1.165, 1.54) is 6.92 Å². The van der Waals surface area contributed by atoms with Gasteiger partial charge in [-0.05, 0) is 31.0 Å². The second-order valence-electron chi connectivity index (χ2n) is 5.44. The maximum atomic E-state index is 11.9. The summed E-state index contributed by atoms with van der Waals surface area (Å²) < 4.78 is 4.99. The van der Waals surface area contributed by atoms with Crippen LogP contribution in [-0.4, -0.2) is 30.4 Å². The molecule has 1 atom stereocenters. The van der Waals surface area contributed by atoms with Crippen LogP contribution >= 0.6 is 0 Å². The summed E-state index contributed by atoms with van der Waals surface area (Å²) in [6.07, 6.45) is 1.86. The normalized spacial score (nSPS) is 11.4. The van der Waals surface area contributed by atoms with Gasteiger partial charge in [-0.15, -0.1) is 0 Å². The predicted octanol–water partition coefficient (Wildman–Crippen LogP) is 1.78. The van der Waals surface area contributed by atoms with Crippen molar-refractivity contribution >= 4 is 17.8 Å². The van der Waals surface area contributed by atoms with Gasteiger partial charge < -0.3 is 15.4 Å². The third kappa shape index (κ3) is 7.44. The molecule has 1 aromatic rings. The van der Waals surface area contributed by atoms with Gasteiger partial charge in [0.05, 0.1) is 5.56 Å². The van der Waals surface area contributed by atoms with Gasteiger partial charge in [0.15, 0.2) is 6.61 Å². The van der Waals surface area contributed by atoms with Crippen LogP contribution in [0.2, 0.25) is 0 Å². The highest BCUT2D eigenvalue weighted by atomic mass is 16.5. The molecule has 6 heteroatoms. The Morgan fingerprint density at radius 3 is 2.39 bits per heavy atom. The fraction of sp³-hybridized carbons (Fsp3) is 0.471. The van der Waals surface area contributed by atoms with Gasteiger partial charge >= 0.3 is 5.97 Å². The lowest BCUT2D eigenvalue weighted by Gasteiger charge is -2.12. The molecular weight excluding hydrogens is 296 g/mol. The molecule has 2 N–H and O–H groups in total. The summed E-state index contributed by atoms with van der Waals surface area (Å²) in [7, 11) is 0. The Balaban J connectivity index is 2.42. The first-order valence-electron chi connectivity index (χ1n) is 7.72. The van der Waals surface area contributed by atoms with Crippen molar-refractivity contribution in [2.75, 3.05) is 6.61 Å². The Bertz CT molecular complexity index is 540. The number of ether oxygens (including phenoxy) is 1. The van der Waals surface area contributed by atoms with Crippen LogP contribution in [-0.2, 0) is 20.9 Å². The second kappa shape index (κ2) is 9.61. The zero-order chi connectivity index (χ0) is 17.2. The Hall–Kier alpha value is -2.37. The van der Waals surface area contributed by atoms with Gasteiger partial charge in [-0.2, -0.15) is 0 Å². The molecule has 23 heavy (non-hydrogen) atoms. The van der Waals surface area contributed by atoms with Crippen molar-refractivity contribution in [3.05, 3.63) is 35.4 Å². The van der Waals surface area contributed by atoms with Crippen molar-refractivity contribution in [2.24, 2.45) is 0 Å². The molecule has 0 heterocycles. The predicted molar refractivity (Wildman–Crippen MR) is 86.8 cm³/mol. The van der Waals surface area contributed by atoms with Crippen LogP contribution in [0, 0.1) is 0 Å². The van der Waals surface area contributed by atoms with E-state index in [1.807, 2.05) is 13.8 Å². The molecule has 0 spiro atoms. The number of rotatable bonds is 8. The minimum Gasteiger partial charge on any atom is -0.452 e. The lowest BCUT2D eigenvalue weighted by Crippen LogP contribution is -2.35. The van der Waals surface area contributed by atoms with Gasteiger partial charge in [-0.3, -0.25) is 9.59 Å². The van der Waals surface area contributed by atoms with Gasteiger partial charge in [0.25, 0.3) is 5.91 Å². The quantitative estimate of drug-likeness (QED) is 0.715. The van der Waals surface area contributed by atoms with Crippen molar-refractivity contribution in [3.8, 4) is 0 Å². The summed E-state index contributed by atoms with van der Waals surface area (Å²) in [5.74, 6) is -0.965. The number of esters is 1. The second-order valence-corrected chi connectivity index (χ2v) is 5.44. The molecular formula is C17H24N2O4. The Labute approximate surface area is 136 Å². The average Bonchev–Trinajstić information content (AvgIpc) is 2.51. The molecule has 0 radical (unpaired) electrons. The number of carbonyl (C=O) groups is 3. The SMILES string of the molecule is CCCC(C)NC(=O)COC(=O)c1ccc(CNC(C)=O)cc1. The number of benzene rings is 1. The summed E-state index contributed by atoms with van der Waals surface area (Å²) in [6.45, 7) is 5.51. The van der Waals surface area contributed by atoms with Crippen LogP contribution in [0.1, 0.15) is 49.5 Å². The number of amides is 2. The summed E-state index contributed by atoms with van der Waals surface area (Å²) in [6, 6.07) is 6.75. The van der Waals surface area contributed by atoms with Crippen molar-refractivity contribution in [2.45, 2.75) is 46.2 Å². The van der Waals surface area contributed by atoms with E-state index in [4.69, 9.17) is 4.74 Å². The summed E-state index contributed by atoms with van der Waals surface area (Å²) in [5, 5.41) is 5.44. The largest absolute Gasteiger partial charge is 0.452 e. The average molecular weight is 320 g/mol. The number of nitrogens with one attached hydrogen (secondary N) is 2. The molecule has 0 aliphatic heterocycles. The van der Waals surface area contributed by atoms with E-state index < -0.39 is 5.97 Å². The highest BCUT2D eigenvalue weighted by Crippen LogP contribution is 2.06. The van der Waals surface area contributed by atoms with E-state index >= 15 is 0 Å². The first kappa shape index (κ1) is 18.7. The molecule has 0 aliphatic carbocycles. The summed E-state index contributed by atoms with van der Waals surface area (Å²) in [4.78, 5) is 34.3. The number of hydrogen-bond acceptors (Lipinski definition) is 4. The maximum absolute atomic E-state index is 11.9.